The molecule has 8 rings (SSSR count). The third-order valence-corrected chi connectivity index (χ3v) is 9.41. The second-order valence-corrected chi connectivity index (χ2v) is 11.8. The number of hydrogen-bond donors (Lipinski definition) is 0. The SMILES string of the molecule is C#C/C=C\C(=C/C)n1c2cccc3c4ccc(-c5ccc(CCCC)c6ccccc56)cc4c4c5ccccc5cc1c4c32. The summed E-state index contributed by atoms with van der Waals surface area (Å²) in [5.41, 5.74) is 7.46. The Labute approximate surface area is 258 Å². The first-order valence-electron chi connectivity index (χ1n) is 15.7. The van der Waals surface area contributed by atoms with E-state index in [4.69, 9.17) is 6.42 Å². The Bertz CT molecular complexity index is 2490. The van der Waals surface area contributed by atoms with Gasteiger partial charge in [-0.25, -0.2) is 0 Å². The maximum Gasteiger partial charge on any atom is 0.0553 e. The molecule has 0 bridgehead atoms. The van der Waals surface area contributed by atoms with Crippen LogP contribution >= 0.6 is 0 Å². The van der Waals surface area contributed by atoms with Crippen LogP contribution in [0.1, 0.15) is 32.3 Å². The summed E-state index contributed by atoms with van der Waals surface area (Å²) in [5.74, 6) is 2.68. The van der Waals surface area contributed by atoms with Crippen molar-refractivity contribution in [1.29, 1.82) is 0 Å². The van der Waals surface area contributed by atoms with Crippen molar-refractivity contribution in [3.05, 3.63) is 127 Å². The largest absolute Gasteiger partial charge is 0.309 e. The Morgan fingerprint density at radius 1 is 0.705 bits per heavy atom. The van der Waals surface area contributed by atoms with Gasteiger partial charge in [-0.05, 0) is 105 Å². The molecule has 0 unspecified atom stereocenters. The number of aromatic nitrogens is 1. The number of nitrogens with zero attached hydrogens (tertiary/aromatic N) is 1. The highest BCUT2D eigenvalue weighted by Gasteiger charge is 2.22. The maximum atomic E-state index is 5.65. The van der Waals surface area contributed by atoms with Crippen molar-refractivity contribution in [1.82, 2.24) is 4.57 Å². The second-order valence-electron chi connectivity index (χ2n) is 11.8. The number of terminal acetylenes is 1. The number of unbranched alkanes of at least 4 members (excludes halogenated alkanes) is 1. The van der Waals surface area contributed by atoms with Crippen molar-refractivity contribution in [2.45, 2.75) is 33.1 Å². The zero-order chi connectivity index (χ0) is 29.8. The van der Waals surface area contributed by atoms with Gasteiger partial charge in [0.15, 0.2) is 0 Å². The molecule has 0 N–H and O–H groups in total. The van der Waals surface area contributed by atoms with Gasteiger partial charge in [0, 0.05) is 21.9 Å². The topological polar surface area (TPSA) is 4.93 Å². The standard InChI is InChI=1S/C43H33N/c1-4-7-14-28-22-24-33(35-19-12-11-17-32(28)35)30-23-25-36-37-20-13-21-39-42(37)43-40(44(39)31(6-3)16-8-5-2)27-29-15-9-10-18-34(29)41(43)38(36)26-30/h2,6,8-13,15-27H,4,7,14H2,1,3H3/b16-8-,31-6+. The lowest BCUT2D eigenvalue weighted by Crippen LogP contribution is -1.94. The van der Waals surface area contributed by atoms with E-state index >= 15 is 0 Å². The first-order valence-corrected chi connectivity index (χ1v) is 15.7. The molecule has 0 amide bonds. The molecule has 210 valence electrons. The number of benzene rings is 7. The van der Waals surface area contributed by atoms with Crippen molar-refractivity contribution in [2.24, 2.45) is 0 Å². The smallest absolute Gasteiger partial charge is 0.0553 e. The number of hydrogen-bond acceptors (Lipinski definition) is 0. The zero-order valence-electron chi connectivity index (χ0n) is 25.2. The van der Waals surface area contributed by atoms with Gasteiger partial charge in [-0.2, -0.15) is 0 Å². The highest BCUT2D eigenvalue weighted by molar-refractivity contribution is 6.39. The summed E-state index contributed by atoms with van der Waals surface area (Å²) in [6.45, 7) is 4.35. The molecule has 0 saturated heterocycles. The number of allylic oxidation sites excluding steroid dienone is 4. The van der Waals surface area contributed by atoms with Gasteiger partial charge in [0.25, 0.3) is 0 Å². The number of rotatable bonds is 6. The van der Waals surface area contributed by atoms with Crippen LogP contribution in [0.3, 0.4) is 0 Å². The Balaban J connectivity index is 1.51. The normalized spacial score (nSPS) is 12.6. The predicted molar refractivity (Wildman–Crippen MR) is 193 cm³/mol. The van der Waals surface area contributed by atoms with E-state index in [0.717, 1.165) is 12.1 Å². The first-order chi connectivity index (χ1) is 21.7. The van der Waals surface area contributed by atoms with E-state index < -0.39 is 0 Å². The molecular weight excluding hydrogens is 530 g/mol. The van der Waals surface area contributed by atoms with Gasteiger partial charge < -0.3 is 4.57 Å². The zero-order valence-corrected chi connectivity index (χ0v) is 25.2. The molecule has 0 atom stereocenters. The van der Waals surface area contributed by atoms with Crippen LogP contribution in [0.15, 0.2) is 121 Å². The minimum absolute atomic E-state index is 1.07. The molecule has 0 aliphatic heterocycles. The van der Waals surface area contributed by atoms with Gasteiger partial charge >= 0.3 is 0 Å². The molecule has 1 nitrogen and oxygen atoms in total. The van der Waals surface area contributed by atoms with E-state index in [-0.39, 0.29) is 0 Å². The molecular formula is C43H33N. The average Bonchev–Trinajstić information content (AvgIpc) is 3.40. The Kier molecular flexibility index (Phi) is 6.25. The van der Waals surface area contributed by atoms with E-state index in [0.29, 0.717) is 0 Å². The molecule has 0 radical (unpaired) electrons. The minimum atomic E-state index is 1.07. The van der Waals surface area contributed by atoms with E-state index in [1.807, 2.05) is 6.08 Å². The molecule has 0 aliphatic rings. The molecule has 44 heavy (non-hydrogen) atoms. The van der Waals surface area contributed by atoms with Crippen LogP contribution in [-0.2, 0) is 6.42 Å². The molecule has 8 aromatic rings. The van der Waals surface area contributed by atoms with Crippen LogP contribution in [0.5, 0.6) is 0 Å². The van der Waals surface area contributed by atoms with E-state index in [1.165, 1.54) is 94.4 Å². The molecule has 0 aliphatic carbocycles. The van der Waals surface area contributed by atoms with Crippen LogP contribution in [0.25, 0.3) is 81.7 Å². The third kappa shape index (κ3) is 3.81. The molecule has 0 fully saturated rings. The number of aryl methyl sites for hydroxylation is 1. The lowest BCUT2D eigenvalue weighted by Gasteiger charge is -2.15. The number of fused-ring (bicyclic) bond motifs is 6. The Morgan fingerprint density at radius 3 is 2.32 bits per heavy atom. The second kappa shape index (κ2) is 10.4. The average molecular weight is 564 g/mol. The molecule has 0 spiro atoms. The van der Waals surface area contributed by atoms with E-state index in [9.17, 15) is 0 Å². The Hall–Kier alpha value is -5.32. The lowest BCUT2D eigenvalue weighted by molar-refractivity contribution is 0.799. The summed E-state index contributed by atoms with van der Waals surface area (Å²) in [4.78, 5) is 0. The van der Waals surface area contributed by atoms with Crippen LogP contribution in [0.4, 0.5) is 0 Å². The van der Waals surface area contributed by atoms with Gasteiger partial charge in [0.1, 0.15) is 0 Å². The van der Waals surface area contributed by atoms with Gasteiger partial charge in [-0.3, -0.25) is 0 Å². The Morgan fingerprint density at radius 2 is 1.50 bits per heavy atom. The van der Waals surface area contributed by atoms with Crippen LogP contribution in [-0.4, -0.2) is 4.57 Å². The quantitative estimate of drug-likeness (QED) is 0.108. The summed E-state index contributed by atoms with van der Waals surface area (Å²) in [5, 5.41) is 13.0. The monoisotopic (exact) mass is 563 g/mol. The van der Waals surface area contributed by atoms with Crippen molar-refractivity contribution in [3.63, 3.8) is 0 Å². The molecule has 0 saturated carbocycles. The van der Waals surface area contributed by atoms with Gasteiger partial charge in [-0.15, -0.1) is 6.42 Å². The fourth-order valence-corrected chi connectivity index (χ4v) is 7.45. The van der Waals surface area contributed by atoms with Crippen molar-refractivity contribution in [2.75, 3.05) is 0 Å². The van der Waals surface area contributed by atoms with Crippen LogP contribution < -0.4 is 0 Å². The predicted octanol–water partition coefficient (Wildman–Crippen LogP) is 11.9. The highest BCUT2D eigenvalue weighted by Crippen LogP contribution is 2.47. The highest BCUT2D eigenvalue weighted by atomic mass is 15.0. The van der Waals surface area contributed by atoms with Crippen LogP contribution in [0, 0.1) is 12.3 Å². The van der Waals surface area contributed by atoms with Gasteiger partial charge in [-0.1, -0.05) is 110 Å². The maximum absolute atomic E-state index is 5.65. The summed E-state index contributed by atoms with van der Waals surface area (Å²) >= 11 is 0. The van der Waals surface area contributed by atoms with Crippen LogP contribution in [0.2, 0.25) is 0 Å². The first kappa shape index (κ1) is 26.3. The van der Waals surface area contributed by atoms with Crippen molar-refractivity contribution in [3.8, 4) is 23.5 Å². The molecule has 1 heterocycles. The third-order valence-electron chi connectivity index (χ3n) is 9.41. The molecule has 1 heteroatoms. The minimum Gasteiger partial charge on any atom is -0.309 e. The van der Waals surface area contributed by atoms with Crippen molar-refractivity contribution < 1.29 is 0 Å². The lowest BCUT2D eigenvalue weighted by atomic mass is 9.88. The fourth-order valence-electron chi connectivity index (χ4n) is 7.45. The van der Waals surface area contributed by atoms with E-state index in [2.05, 4.69) is 134 Å². The molecule has 1 aromatic heterocycles. The molecule has 7 aromatic carbocycles. The summed E-state index contributed by atoms with van der Waals surface area (Å²) in [7, 11) is 0. The van der Waals surface area contributed by atoms with Gasteiger partial charge in [0.05, 0.1) is 11.0 Å². The summed E-state index contributed by atoms with van der Waals surface area (Å²) in [6.07, 6.45) is 15.2. The fraction of sp³-hybridized carbons (Fsp3) is 0.116. The van der Waals surface area contributed by atoms with Crippen molar-refractivity contribution >= 4 is 70.6 Å². The van der Waals surface area contributed by atoms with E-state index in [1.54, 1.807) is 6.08 Å². The summed E-state index contributed by atoms with van der Waals surface area (Å²) in [6, 6.07) is 38.6. The van der Waals surface area contributed by atoms with Gasteiger partial charge in [0.2, 0.25) is 0 Å². The summed E-state index contributed by atoms with van der Waals surface area (Å²) < 4.78 is 2.38.